The van der Waals surface area contributed by atoms with Crippen molar-refractivity contribution in [3.05, 3.63) is 136 Å². The lowest BCUT2D eigenvalue weighted by Gasteiger charge is -2.46. The highest BCUT2D eigenvalue weighted by Crippen LogP contribution is 2.59. The van der Waals surface area contributed by atoms with Gasteiger partial charge in [0.1, 0.15) is 11.5 Å². The molecule has 1 amide bonds. The number of nitrogens with zero attached hydrogens (tertiary/aromatic N) is 1. The van der Waals surface area contributed by atoms with E-state index in [2.05, 4.69) is 6.08 Å². The minimum absolute atomic E-state index is 0.00101. The molecule has 322 valence electrons. The Labute approximate surface area is 358 Å². The van der Waals surface area contributed by atoms with Gasteiger partial charge in [-0.2, -0.15) is 13.2 Å². The van der Waals surface area contributed by atoms with Crippen molar-refractivity contribution in [2.24, 2.45) is 5.41 Å². The number of carbonyl (C=O) groups excluding carboxylic acids is 2. The van der Waals surface area contributed by atoms with Crippen LogP contribution in [0.1, 0.15) is 97.5 Å². The molecule has 0 radical (unpaired) electrons. The standard InChI is InChI=1S/C49H51ClF3NO7/c1-31-8-6-22-47(2)41(21-23-48(47,58)30-54(24-7-25-59-3)46(57)60-37-16-13-33-9-4-5-10-34(33)28-37)38-17-12-32(26-36(55)15-11-31)27-39(38)45(56)44-20-19-43(61-44)40-29-35(49(51,52)53)14-18-42(40)50/h4-5,8-10,12-14,16-20,27-29,36,41,55,58H,6-7,11,15,21-26,30H2,1-3H3. The van der Waals surface area contributed by atoms with Gasteiger partial charge in [-0.05, 0) is 135 Å². The molecule has 3 aliphatic carbocycles. The predicted octanol–water partition coefficient (Wildman–Crippen LogP) is 11.6. The van der Waals surface area contributed by atoms with Crippen LogP contribution in [0.15, 0.2) is 107 Å². The molecule has 1 heterocycles. The smallest absolute Gasteiger partial charge is 0.416 e. The van der Waals surface area contributed by atoms with E-state index < -0.39 is 40.7 Å². The molecule has 4 aromatic carbocycles. The highest BCUT2D eigenvalue weighted by Gasteiger charge is 2.58. The zero-order valence-electron chi connectivity index (χ0n) is 34.6. The van der Waals surface area contributed by atoms with Gasteiger partial charge in [0.25, 0.3) is 0 Å². The van der Waals surface area contributed by atoms with Crippen LogP contribution in [0.25, 0.3) is 22.1 Å². The minimum Gasteiger partial charge on any atom is -0.453 e. The summed E-state index contributed by atoms with van der Waals surface area (Å²) in [6.45, 7) is 4.68. The SMILES string of the molecule is COCCCN(CC1(O)CCC2c3ccc(cc3C(=O)c3ccc(-c4cc(C(F)(F)F)ccc4Cl)o3)CC(O)CCC(C)=CCCC21C)C(=O)Oc1ccc2ccccc2c1. The number of amides is 1. The first-order valence-electron chi connectivity index (χ1n) is 20.7. The van der Waals surface area contributed by atoms with Crippen molar-refractivity contribution in [3.8, 4) is 17.1 Å². The fourth-order valence-electron chi connectivity index (χ4n) is 9.17. The second-order valence-electron chi connectivity index (χ2n) is 16.8. The number of ketones is 1. The molecule has 4 unspecified atom stereocenters. The van der Waals surface area contributed by atoms with Gasteiger partial charge in [0.2, 0.25) is 5.78 Å². The summed E-state index contributed by atoms with van der Waals surface area (Å²) in [5.74, 6) is -0.594. The second kappa shape index (κ2) is 18.2. The highest BCUT2D eigenvalue weighted by molar-refractivity contribution is 6.33. The van der Waals surface area contributed by atoms with Crippen molar-refractivity contribution in [2.75, 3.05) is 26.8 Å². The van der Waals surface area contributed by atoms with Crippen molar-refractivity contribution in [3.63, 3.8) is 0 Å². The van der Waals surface area contributed by atoms with Crippen molar-refractivity contribution in [1.82, 2.24) is 4.90 Å². The fourth-order valence-corrected chi connectivity index (χ4v) is 9.38. The molecular weight excluding hydrogens is 807 g/mol. The maximum Gasteiger partial charge on any atom is 0.416 e. The normalized spacial score (nSPS) is 22.1. The summed E-state index contributed by atoms with van der Waals surface area (Å²) in [4.78, 5) is 30.3. The summed E-state index contributed by atoms with van der Waals surface area (Å²) in [7, 11) is 1.59. The van der Waals surface area contributed by atoms with Crippen LogP contribution in [0, 0.1) is 5.41 Å². The number of carbonyl (C=O) groups is 2. The zero-order chi connectivity index (χ0) is 43.5. The van der Waals surface area contributed by atoms with Crippen molar-refractivity contribution >= 4 is 34.2 Å². The Bertz CT molecular complexity index is 2430. The van der Waals surface area contributed by atoms with Gasteiger partial charge in [0.15, 0.2) is 5.76 Å². The number of halogens is 4. The first-order chi connectivity index (χ1) is 29.1. The Morgan fingerprint density at radius 2 is 1.75 bits per heavy atom. The summed E-state index contributed by atoms with van der Waals surface area (Å²) in [6, 6.07) is 24.5. The summed E-state index contributed by atoms with van der Waals surface area (Å²) in [5, 5.41) is 26.0. The number of rotatable bonds is 10. The number of hydrogen-bond acceptors (Lipinski definition) is 7. The van der Waals surface area contributed by atoms with E-state index in [0.29, 0.717) is 74.8 Å². The van der Waals surface area contributed by atoms with Crippen LogP contribution in [0.3, 0.4) is 0 Å². The van der Waals surface area contributed by atoms with Crippen LogP contribution in [-0.2, 0) is 17.3 Å². The molecule has 0 spiro atoms. The number of ether oxygens (including phenoxy) is 2. The molecule has 1 aromatic heterocycles. The number of methoxy groups -OCH3 is 1. The first kappa shape index (κ1) is 44.1. The van der Waals surface area contributed by atoms with Gasteiger partial charge < -0.3 is 29.0 Å². The van der Waals surface area contributed by atoms with Gasteiger partial charge in [-0.1, -0.05) is 72.6 Å². The minimum atomic E-state index is -4.62. The molecule has 1 saturated carbocycles. The number of aliphatic hydroxyl groups excluding tert-OH is 1. The number of aliphatic hydroxyl groups is 2. The third-order valence-corrected chi connectivity index (χ3v) is 13.0. The number of benzene rings is 4. The molecule has 8 rings (SSSR count). The van der Waals surface area contributed by atoms with E-state index in [9.17, 15) is 33.0 Å². The number of alkyl halides is 3. The summed E-state index contributed by atoms with van der Waals surface area (Å²) in [5.41, 5.74) is -0.412. The maximum absolute atomic E-state index is 14.7. The number of hydrogen-bond donors (Lipinski definition) is 2. The zero-order valence-corrected chi connectivity index (χ0v) is 35.3. The largest absolute Gasteiger partial charge is 0.453 e. The van der Waals surface area contributed by atoms with Crippen molar-refractivity contribution in [1.29, 1.82) is 0 Å². The van der Waals surface area contributed by atoms with E-state index in [1.165, 1.54) is 12.1 Å². The summed E-state index contributed by atoms with van der Waals surface area (Å²) in [6.07, 6.45) is 0.119. The average molecular weight is 858 g/mol. The number of allylic oxidation sites excluding steroid dienone is 2. The molecule has 5 aromatic rings. The first-order valence-corrected chi connectivity index (χ1v) is 21.1. The molecule has 2 bridgehead atoms. The van der Waals surface area contributed by atoms with E-state index in [0.717, 1.165) is 40.1 Å². The molecule has 0 saturated heterocycles. The summed E-state index contributed by atoms with van der Waals surface area (Å²) >= 11 is 6.34. The van der Waals surface area contributed by atoms with E-state index in [1.54, 1.807) is 24.1 Å². The van der Waals surface area contributed by atoms with Crippen LogP contribution in [0.4, 0.5) is 18.0 Å². The molecule has 1 fully saturated rings. The molecule has 0 aliphatic heterocycles. The predicted molar refractivity (Wildman–Crippen MR) is 229 cm³/mol. The Balaban J connectivity index is 1.26. The van der Waals surface area contributed by atoms with Crippen LogP contribution in [0.2, 0.25) is 5.02 Å². The second-order valence-corrected chi connectivity index (χ2v) is 17.2. The lowest BCUT2D eigenvalue weighted by Crippen LogP contribution is -2.54. The molecule has 12 heteroatoms. The third kappa shape index (κ3) is 9.60. The van der Waals surface area contributed by atoms with Crippen molar-refractivity contribution in [2.45, 2.75) is 89.0 Å². The quantitative estimate of drug-likeness (QED) is 0.0818. The molecule has 8 nitrogen and oxygen atoms in total. The van der Waals surface area contributed by atoms with E-state index in [4.69, 9.17) is 25.5 Å². The van der Waals surface area contributed by atoms with E-state index >= 15 is 0 Å². The Hall–Kier alpha value is -4.94. The lowest BCUT2D eigenvalue weighted by atomic mass is 9.64. The van der Waals surface area contributed by atoms with Gasteiger partial charge >= 0.3 is 12.3 Å². The Morgan fingerprint density at radius 1 is 0.967 bits per heavy atom. The topological polar surface area (TPSA) is 109 Å². The third-order valence-electron chi connectivity index (χ3n) is 12.7. The van der Waals surface area contributed by atoms with Crippen LogP contribution in [0.5, 0.6) is 5.75 Å². The number of fused-ring (bicyclic) bond motifs is 9. The van der Waals surface area contributed by atoms with E-state index in [1.807, 2.05) is 62.4 Å². The fraction of sp³-hybridized carbons (Fsp3) is 0.388. The monoisotopic (exact) mass is 857 g/mol. The van der Waals surface area contributed by atoms with Crippen molar-refractivity contribution < 1.29 is 46.9 Å². The maximum atomic E-state index is 14.7. The Kier molecular flexibility index (Phi) is 13.2. The van der Waals surface area contributed by atoms with Crippen LogP contribution < -0.4 is 4.74 Å². The van der Waals surface area contributed by atoms with Gasteiger partial charge in [0.05, 0.1) is 28.8 Å². The van der Waals surface area contributed by atoms with Gasteiger partial charge in [-0.3, -0.25) is 4.79 Å². The van der Waals surface area contributed by atoms with E-state index in [-0.39, 0.29) is 41.1 Å². The molecule has 3 aliphatic rings. The molecule has 4 atom stereocenters. The summed E-state index contributed by atoms with van der Waals surface area (Å²) < 4.78 is 58.3. The van der Waals surface area contributed by atoms with Gasteiger partial charge in [-0.15, -0.1) is 0 Å². The number of furan rings is 1. The molecular formula is C49H51ClF3NO7. The van der Waals surface area contributed by atoms with Crippen LogP contribution in [-0.4, -0.2) is 65.5 Å². The van der Waals surface area contributed by atoms with Gasteiger partial charge in [0, 0.05) is 36.8 Å². The van der Waals surface area contributed by atoms with Gasteiger partial charge in [-0.25, -0.2) is 4.79 Å². The van der Waals surface area contributed by atoms with Crippen LogP contribution >= 0.6 is 11.6 Å². The molecule has 61 heavy (non-hydrogen) atoms. The average Bonchev–Trinajstić information content (AvgIpc) is 3.81. The Morgan fingerprint density at radius 3 is 2.52 bits per heavy atom. The molecule has 2 N–H and O–H groups in total. The highest BCUT2D eigenvalue weighted by atomic mass is 35.5. The lowest BCUT2D eigenvalue weighted by molar-refractivity contribution is -0.137.